The molecule has 2 aromatic rings. The minimum absolute atomic E-state index is 0.352. The molecule has 1 heterocycles. The summed E-state index contributed by atoms with van der Waals surface area (Å²) in [6, 6.07) is 5.41. The summed E-state index contributed by atoms with van der Waals surface area (Å²) >= 11 is 7.23. The van der Waals surface area contributed by atoms with Gasteiger partial charge in [-0.1, -0.05) is 17.7 Å². The number of carboxylic acid groups (broad SMARTS) is 1. The molecule has 1 aromatic heterocycles. The third kappa shape index (κ3) is 1.38. The zero-order valence-corrected chi connectivity index (χ0v) is 8.95. The fourth-order valence-electron chi connectivity index (χ4n) is 1.47. The molecule has 0 fully saturated rings. The molecule has 0 aliphatic rings. The maximum atomic E-state index is 11.0. The van der Waals surface area contributed by atoms with Gasteiger partial charge in [-0.05, 0) is 24.6 Å². The summed E-state index contributed by atoms with van der Waals surface area (Å²) in [4.78, 5) is 11.0. The summed E-state index contributed by atoms with van der Waals surface area (Å²) in [5.41, 5.74) is 1.12. The van der Waals surface area contributed by atoms with Crippen molar-refractivity contribution in [3.8, 4) is 0 Å². The van der Waals surface area contributed by atoms with Crippen LogP contribution in [-0.2, 0) is 0 Å². The quantitative estimate of drug-likeness (QED) is 0.807. The van der Waals surface area contributed by atoms with Gasteiger partial charge in [0.05, 0.1) is 9.90 Å². The van der Waals surface area contributed by atoms with E-state index in [1.54, 1.807) is 19.1 Å². The molecule has 0 amide bonds. The summed E-state index contributed by atoms with van der Waals surface area (Å²) in [5, 5.41) is 9.76. The Labute approximate surface area is 89.7 Å². The Hall–Kier alpha value is -1.06. The number of aromatic carboxylic acids is 1. The molecule has 0 aliphatic heterocycles. The fourth-order valence-corrected chi connectivity index (χ4v) is 2.63. The molecule has 0 atom stereocenters. The van der Waals surface area contributed by atoms with Gasteiger partial charge in [0.15, 0.2) is 0 Å². The van der Waals surface area contributed by atoms with Crippen LogP contribution in [0.25, 0.3) is 10.1 Å². The fraction of sp³-hybridized carbons (Fsp3) is 0.100. The average Bonchev–Trinajstić information content (AvgIpc) is 2.43. The van der Waals surface area contributed by atoms with Crippen molar-refractivity contribution in [2.24, 2.45) is 0 Å². The molecule has 0 unspecified atom stereocenters. The molecule has 72 valence electrons. The number of halogens is 1. The number of aryl methyl sites for hydroxylation is 1. The molecule has 4 heteroatoms. The van der Waals surface area contributed by atoms with Crippen LogP contribution in [0.15, 0.2) is 18.2 Å². The lowest BCUT2D eigenvalue weighted by Gasteiger charge is -2.01. The van der Waals surface area contributed by atoms with E-state index in [4.69, 9.17) is 16.7 Å². The van der Waals surface area contributed by atoms with Crippen LogP contribution in [0.3, 0.4) is 0 Å². The highest BCUT2D eigenvalue weighted by molar-refractivity contribution is 7.22. The Morgan fingerprint density at radius 1 is 1.50 bits per heavy atom. The van der Waals surface area contributed by atoms with E-state index in [0.29, 0.717) is 9.90 Å². The number of thiophene rings is 1. The van der Waals surface area contributed by atoms with Crippen LogP contribution in [0, 0.1) is 6.92 Å². The third-order valence-corrected chi connectivity index (χ3v) is 3.32. The Morgan fingerprint density at radius 2 is 2.21 bits per heavy atom. The van der Waals surface area contributed by atoms with Gasteiger partial charge in [-0.25, -0.2) is 4.79 Å². The minimum Gasteiger partial charge on any atom is -0.478 e. The van der Waals surface area contributed by atoms with E-state index in [-0.39, 0.29) is 0 Å². The molecular weight excluding hydrogens is 220 g/mol. The Kier molecular flexibility index (Phi) is 2.21. The minimum atomic E-state index is -0.900. The van der Waals surface area contributed by atoms with Crippen LogP contribution < -0.4 is 0 Å². The van der Waals surface area contributed by atoms with Gasteiger partial charge in [-0.15, -0.1) is 11.3 Å². The number of carboxylic acids is 1. The lowest BCUT2D eigenvalue weighted by Crippen LogP contribution is -1.99. The number of hydrogen-bond acceptors (Lipinski definition) is 2. The summed E-state index contributed by atoms with van der Waals surface area (Å²) in [6.07, 6.45) is 0. The van der Waals surface area contributed by atoms with Crippen LogP contribution >= 0.6 is 22.9 Å². The van der Waals surface area contributed by atoms with Gasteiger partial charge < -0.3 is 5.11 Å². The standard InChI is InChI=1S/C10H7ClO2S/c1-5-2-3-7-6(4-8(11)14-7)9(5)10(12)13/h2-4H,1H3,(H,12,13). The molecule has 0 aliphatic carbocycles. The number of rotatable bonds is 1. The van der Waals surface area contributed by atoms with E-state index in [1.165, 1.54) is 11.3 Å². The Balaban J connectivity index is 2.88. The van der Waals surface area contributed by atoms with Crippen LogP contribution in [0.1, 0.15) is 15.9 Å². The first kappa shape index (κ1) is 9.49. The number of carbonyl (C=O) groups is 1. The van der Waals surface area contributed by atoms with Crippen LogP contribution in [0.2, 0.25) is 4.34 Å². The number of fused-ring (bicyclic) bond motifs is 1. The summed E-state index contributed by atoms with van der Waals surface area (Å²) in [5.74, 6) is -0.900. The summed E-state index contributed by atoms with van der Waals surface area (Å²) in [7, 11) is 0. The Bertz CT molecular complexity index is 516. The van der Waals surface area contributed by atoms with E-state index < -0.39 is 5.97 Å². The van der Waals surface area contributed by atoms with E-state index in [0.717, 1.165) is 15.6 Å². The molecule has 1 aromatic carbocycles. The van der Waals surface area contributed by atoms with Crippen molar-refractivity contribution in [1.29, 1.82) is 0 Å². The van der Waals surface area contributed by atoms with Crippen molar-refractivity contribution in [2.45, 2.75) is 6.92 Å². The number of benzene rings is 1. The number of hydrogen-bond donors (Lipinski definition) is 1. The van der Waals surface area contributed by atoms with Gasteiger partial charge >= 0.3 is 5.97 Å². The molecule has 0 saturated heterocycles. The van der Waals surface area contributed by atoms with Gasteiger partial charge in [0.1, 0.15) is 0 Å². The molecule has 0 saturated carbocycles. The molecule has 2 rings (SSSR count). The average molecular weight is 227 g/mol. The smallest absolute Gasteiger partial charge is 0.336 e. The predicted octanol–water partition coefficient (Wildman–Crippen LogP) is 3.56. The molecule has 0 radical (unpaired) electrons. The van der Waals surface area contributed by atoms with E-state index in [2.05, 4.69) is 0 Å². The van der Waals surface area contributed by atoms with Crippen LogP contribution in [0.4, 0.5) is 0 Å². The molecule has 2 nitrogen and oxygen atoms in total. The van der Waals surface area contributed by atoms with Crippen molar-refractivity contribution in [1.82, 2.24) is 0 Å². The first-order valence-corrected chi connectivity index (χ1v) is 5.21. The SMILES string of the molecule is Cc1ccc2sc(Cl)cc2c1C(=O)O. The van der Waals surface area contributed by atoms with Gasteiger partial charge in [0, 0.05) is 10.1 Å². The zero-order valence-electron chi connectivity index (χ0n) is 7.37. The molecule has 0 bridgehead atoms. The van der Waals surface area contributed by atoms with E-state index in [9.17, 15) is 4.79 Å². The van der Waals surface area contributed by atoms with E-state index >= 15 is 0 Å². The second-order valence-electron chi connectivity index (χ2n) is 3.02. The molecular formula is C10H7ClO2S. The topological polar surface area (TPSA) is 37.3 Å². The monoisotopic (exact) mass is 226 g/mol. The maximum absolute atomic E-state index is 11.0. The molecule has 0 spiro atoms. The van der Waals surface area contributed by atoms with Crippen molar-refractivity contribution >= 4 is 39.0 Å². The van der Waals surface area contributed by atoms with Gasteiger partial charge in [-0.2, -0.15) is 0 Å². The van der Waals surface area contributed by atoms with E-state index in [1.807, 2.05) is 6.07 Å². The van der Waals surface area contributed by atoms with Crippen molar-refractivity contribution < 1.29 is 9.90 Å². The Morgan fingerprint density at radius 3 is 2.86 bits per heavy atom. The maximum Gasteiger partial charge on any atom is 0.336 e. The van der Waals surface area contributed by atoms with Crippen molar-refractivity contribution in [3.63, 3.8) is 0 Å². The highest BCUT2D eigenvalue weighted by Gasteiger charge is 2.13. The largest absolute Gasteiger partial charge is 0.478 e. The van der Waals surface area contributed by atoms with Crippen molar-refractivity contribution in [2.75, 3.05) is 0 Å². The van der Waals surface area contributed by atoms with Crippen molar-refractivity contribution in [3.05, 3.63) is 33.7 Å². The van der Waals surface area contributed by atoms with Crippen LogP contribution in [-0.4, -0.2) is 11.1 Å². The van der Waals surface area contributed by atoms with Crippen LogP contribution in [0.5, 0.6) is 0 Å². The highest BCUT2D eigenvalue weighted by Crippen LogP contribution is 2.32. The first-order valence-electron chi connectivity index (χ1n) is 4.01. The lowest BCUT2D eigenvalue weighted by molar-refractivity contribution is 0.0698. The van der Waals surface area contributed by atoms with Gasteiger partial charge in [0.25, 0.3) is 0 Å². The highest BCUT2D eigenvalue weighted by atomic mass is 35.5. The first-order chi connectivity index (χ1) is 6.59. The molecule has 14 heavy (non-hydrogen) atoms. The summed E-state index contributed by atoms with van der Waals surface area (Å²) < 4.78 is 1.53. The molecule has 1 N–H and O–H groups in total. The normalized spacial score (nSPS) is 10.7. The van der Waals surface area contributed by atoms with Gasteiger partial charge in [-0.3, -0.25) is 0 Å². The lowest BCUT2D eigenvalue weighted by atomic mass is 10.1. The second-order valence-corrected chi connectivity index (χ2v) is 4.74. The summed E-state index contributed by atoms with van der Waals surface area (Å²) in [6.45, 7) is 1.79. The van der Waals surface area contributed by atoms with Gasteiger partial charge in [0.2, 0.25) is 0 Å². The predicted molar refractivity (Wildman–Crippen MR) is 58.5 cm³/mol. The zero-order chi connectivity index (χ0) is 10.3. The third-order valence-electron chi connectivity index (χ3n) is 2.09. The second kappa shape index (κ2) is 3.26.